The summed E-state index contributed by atoms with van der Waals surface area (Å²) in [5, 5.41) is 14.0. The van der Waals surface area contributed by atoms with E-state index in [-0.39, 0.29) is 18.5 Å². The normalized spacial score (nSPS) is 17.7. The molecule has 0 aromatic rings. The van der Waals surface area contributed by atoms with Crippen LogP contribution in [0.5, 0.6) is 0 Å². The maximum Gasteiger partial charge on any atom is 0.315 e. The van der Waals surface area contributed by atoms with E-state index in [4.69, 9.17) is 5.11 Å². The summed E-state index contributed by atoms with van der Waals surface area (Å²) >= 11 is 0. The summed E-state index contributed by atoms with van der Waals surface area (Å²) in [6.45, 7) is 5.50. The van der Waals surface area contributed by atoms with E-state index in [1.165, 1.54) is 19.3 Å². The van der Waals surface area contributed by atoms with Gasteiger partial charge >= 0.3 is 12.0 Å². The first kappa shape index (κ1) is 15.8. The molecule has 1 aliphatic rings. The summed E-state index contributed by atoms with van der Waals surface area (Å²) in [5.74, 6) is -0.833. The average Bonchev–Trinajstić information content (AvgIpc) is 2.35. The number of nitrogens with one attached hydrogen (secondary N) is 2. The largest absolute Gasteiger partial charge is 0.481 e. The first-order valence-corrected chi connectivity index (χ1v) is 7.06. The van der Waals surface area contributed by atoms with Crippen LogP contribution in [-0.4, -0.2) is 54.2 Å². The van der Waals surface area contributed by atoms with Crippen molar-refractivity contribution in [1.29, 1.82) is 0 Å². The molecule has 1 heterocycles. The molecule has 0 aliphatic carbocycles. The highest BCUT2D eigenvalue weighted by atomic mass is 16.4. The zero-order valence-corrected chi connectivity index (χ0v) is 11.7. The van der Waals surface area contributed by atoms with Crippen LogP contribution < -0.4 is 10.6 Å². The van der Waals surface area contributed by atoms with Gasteiger partial charge in [-0.15, -0.1) is 0 Å². The fourth-order valence-corrected chi connectivity index (χ4v) is 2.29. The van der Waals surface area contributed by atoms with Gasteiger partial charge in [0.25, 0.3) is 0 Å². The third kappa shape index (κ3) is 7.66. The number of carboxylic acids is 1. The van der Waals surface area contributed by atoms with Gasteiger partial charge in [0.1, 0.15) is 0 Å². The van der Waals surface area contributed by atoms with Gasteiger partial charge in [-0.05, 0) is 39.3 Å². The second kappa shape index (κ2) is 8.74. The summed E-state index contributed by atoms with van der Waals surface area (Å²) in [5.41, 5.74) is 0. The van der Waals surface area contributed by atoms with Gasteiger partial charge in [-0.3, -0.25) is 4.79 Å². The van der Waals surface area contributed by atoms with Crippen LogP contribution in [0.2, 0.25) is 0 Å². The standard InChI is InChI=1S/C13H25N3O3/c1-11(10-16-8-3-2-4-9-16)15-13(19)14-7-5-6-12(17)18/h11H,2-10H2,1H3,(H,17,18)(H2,14,15,19). The number of piperidine rings is 1. The lowest BCUT2D eigenvalue weighted by Crippen LogP contribution is -2.47. The number of hydrogen-bond donors (Lipinski definition) is 3. The van der Waals surface area contributed by atoms with Crippen LogP contribution in [-0.2, 0) is 4.79 Å². The Kier molecular flexibility index (Phi) is 7.25. The minimum Gasteiger partial charge on any atom is -0.481 e. The predicted octanol–water partition coefficient (Wildman–Crippen LogP) is 1.02. The minimum atomic E-state index is -0.833. The second-order valence-electron chi connectivity index (χ2n) is 5.16. The van der Waals surface area contributed by atoms with Crippen LogP contribution >= 0.6 is 0 Å². The van der Waals surface area contributed by atoms with E-state index in [1.807, 2.05) is 6.92 Å². The number of rotatable bonds is 7. The van der Waals surface area contributed by atoms with Crippen molar-refractivity contribution in [3.8, 4) is 0 Å². The molecular weight excluding hydrogens is 246 g/mol. The molecule has 0 bridgehead atoms. The van der Waals surface area contributed by atoms with Crippen LogP contribution in [0.4, 0.5) is 4.79 Å². The molecule has 110 valence electrons. The molecule has 1 aliphatic heterocycles. The number of amides is 2. The fourth-order valence-electron chi connectivity index (χ4n) is 2.29. The maximum absolute atomic E-state index is 11.6. The molecular formula is C13H25N3O3. The topological polar surface area (TPSA) is 81.7 Å². The van der Waals surface area contributed by atoms with Gasteiger partial charge in [-0.2, -0.15) is 0 Å². The van der Waals surface area contributed by atoms with Crippen molar-refractivity contribution in [3.05, 3.63) is 0 Å². The third-order valence-corrected chi connectivity index (χ3v) is 3.21. The molecule has 1 rings (SSSR count). The Hall–Kier alpha value is -1.30. The fraction of sp³-hybridized carbons (Fsp3) is 0.846. The van der Waals surface area contributed by atoms with Crippen molar-refractivity contribution in [2.24, 2.45) is 0 Å². The Morgan fingerprint density at radius 2 is 1.95 bits per heavy atom. The van der Waals surface area contributed by atoms with Crippen LogP contribution in [0.15, 0.2) is 0 Å². The average molecular weight is 271 g/mol. The maximum atomic E-state index is 11.6. The SMILES string of the molecule is CC(CN1CCCCC1)NC(=O)NCCCC(=O)O. The first-order chi connectivity index (χ1) is 9.08. The number of nitrogens with zero attached hydrogens (tertiary/aromatic N) is 1. The van der Waals surface area contributed by atoms with Gasteiger partial charge in [-0.25, -0.2) is 4.79 Å². The summed E-state index contributed by atoms with van der Waals surface area (Å²) < 4.78 is 0. The molecule has 19 heavy (non-hydrogen) atoms. The Labute approximate surface area is 114 Å². The predicted molar refractivity (Wildman–Crippen MR) is 73.2 cm³/mol. The molecule has 1 fully saturated rings. The number of carboxylic acid groups (broad SMARTS) is 1. The zero-order valence-electron chi connectivity index (χ0n) is 11.7. The Morgan fingerprint density at radius 3 is 2.58 bits per heavy atom. The highest BCUT2D eigenvalue weighted by Crippen LogP contribution is 2.08. The van der Waals surface area contributed by atoms with E-state index in [9.17, 15) is 9.59 Å². The quantitative estimate of drug-likeness (QED) is 0.604. The third-order valence-electron chi connectivity index (χ3n) is 3.21. The van der Waals surface area contributed by atoms with E-state index in [2.05, 4.69) is 15.5 Å². The molecule has 0 spiro atoms. The lowest BCUT2D eigenvalue weighted by molar-refractivity contribution is -0.137. The van der Waals surface area contributed by atoms with Gasteiger partial charge in [0.05, 0.1) is 0 Å². The van der Waals surface area contributed by atoms with Crippen molar-refractivity contribution >= 4 is 12.0 Å². The molecule has 6 nitrogen and oxygen atoms in total. The molecule has 2 amide bonds. The van der Waals surface area contributed by atoms with Gasteiger partial charge in [0.15, 0.2) is 0 Å². The molecule has 1 unspecified atom stereocenters. The van der Waals surface area contributed by atoms with Crippen molar-refractivity contribution in [3.63, 3.8) is 0 Å². The number of carbonyl (C=O) groups excluding carboxylic acids is 1. The molecule has 1 saturated heterocycles. The summed E-state index contributed by atoms with van der Waals surface area (Å²) in [6, 6.07) is -0.104. The van der Waals surface area contributed by atoms with Crippen molar-refractivity contribution in [1.82, 2.24) is 15.5 Å². The van der Waals surface area contributed by atoms with E-state index in [0.29, 0.717) is 13.0 Å². The lowest BCUT2D eigenvalue weighted by atomic mass is 10.1. The monoisotopic (exact) mass is 271 g/mol. The van der Waals surface area contributed by atoms with Crippen molar-refractivity contribution < 1.29 is 14.7 Å². The number of urea groups is 1. The second-order valence-corrected chi connectivity index (χ2v) is 5.16. The van der Waals surface area contributed by atoms with Gasteiger partial charge in [-0.1, -0.05) is 6.42 Å². The zero-order chi connectivity index (χ0) is 14.1. The van der Waals surface area contributed by atoms with E-state index < -0.39 is 5.97 Å². The summed E-state index contributed by atoms with van der Waals surface area (Å²) in [7, 11) is 0. The molecule has 1 atom stereocenters. The number of aliphatic carboxylic acids is 1. The number of hydrogen-bond acceptors (Lipinski definition) is 3. The van der Waals surface area contributed by atoms with E-state index in [0.717, 1.165) is 19.6 Å². The summed E-state index contributed by atoms with van der Waals surface area (Å²) in [6.07, 6.45) is 4.34. The molecule has 0 saturated carbocycles. The Bertz CT molecular complexity index is 291. The van der Waals surface area contributed by atoms with Crippen LogP contribution in [0.25, 0.3) is 0 Å². The molecule has 0 radical (unpaired) electrons. The van der Waals surface area contributed by atoms with Crippen LogP contribution in [0.3, 0.4) is 0 Å². The Balaban J connectivity index is 2.07. The van der Waals surface area contributed by atoms with Gasteiger partial charge in [0.2, 0.25) is 0 Å². The smallest absolute Gasteiger partial charge is 0.315 e. The van der Waals surface area contributed by atoms with Crippen molar-refractivity contribution in [2.75, 3.05) is 26.2 Å². The summed E-state index contributed by atoms with van der Waals surface area (Å²) in [4.78, 5) is 24.2. The number of likely N-dealkylation sites (tertiary alicyclic amines) is 1. The van der Waals surface area contributed by atoms with Crippen LogP contribution in [0.1, 0.15) is 39.0 Å². The highest BCUT2D eigenvalue weighted by molar-refractivity contribution is 5.74. The molecule has 6 heteroatoms. The van der Waals surface area contributed by atoms with E-state index >= 15 is 0 Å². The van der Waals surface area contributed by atoms with E-state index in [1.54, 1.807) is 0 Å². The number of carbonyl (C=O) groups is 2. The minimum absolute atomic E-state index is 0.0869. The molecule has 0 aromatic heterocycles. The molecule has 0 aromatic carbocycles. The van der Waals surface area contributed by atoms with Crippen molar-refractivity contribution in [2.45, 2.75) is 45.1 Å². The van der Waals surface area contributed by atoms with Gasteiger partial charge < -0.3 is 20.6 Å². The lowest BCUT2D eigenvalue weighted by Gasteiger charge is -2.29. The first-order valence-electron chi connectivity index (χ1n) is 7.06. The van der Waals surface area contributed by atoms with Gasteiger partial charge in [0, 0.05) is 25.6 Å². The highest BCUT2D eigenvalue weighted by Gasteiger charge is 2.14. The van der Waals surface area contributed by atoms with Crippen LogP contribution in [0, 0.1) is 0 Å². The Morgan fingerprint density at radius 1 is 1.26 bits per heavy atom. The molecule has 3 N–H and O–H groups in total.